The standard InChI is InChI=1S/C17H24N6O2/c1-14-18-8-10-22(14)11-15(24)21(2)12-17(25)5-3-9-23(13-17)16-19-6-4-7-20-16/h4,6-8,10,25H,3,5,9,11-13H2,1-2H3/t17-/m1/s1. The molecule has 1 aliphatic heterocycles. The third kappa shape index (κ3) is 4.14. The largest absolute Gasteiger partial charge is 0.386 e. The Kier molecular flexibility index (Phi) is 4.98. The zero-order valence-corrected chi connectivity index (χ0v) is 14.7. The lowest BCUT2D eigenvalue weighted by Crippen LogP contribution is -2.55. The highest BCUT2D eigenvalue weighted by Crippen LogP contribution is 2.24. The Morgan fingerprint density at radius 3 is 2.76 bits per heavy atom. The summed E-state index contributed by atoms with van der Waals surface area (Å²) in [5.41, 5.74) is -0.966. The highest BCUT2D eigenvalue weighted by atomic mass is 16.3. The minimum Gasteiger partial charge on any atom is -0.386 e. The molecular weight excluding hydrogens is 320 g/mol. The van der Waals surface area contributed by atoms with Gasteiger partial charge in [0.25, 0.3) is 0 Å². The van der Waals surface area contributed by atoms with E-state index in [1.807, 2.05) is 11.8 Å². The number of amides is 1. The molecular formula is C17H24N6O2. The minimum absolute atomic E-state index is 0.0531. The molecule has 1 amide bonds. The monoisotopic (exact) mass is 344 g/mol. The molecule has 8 nitrogen and oxygen atoms in total. The van der Waals surface area contributed by atoms with Gasteiger partial charge in [-0.25, -0.2) is 15.0 Å². The minimum atomic E-state index is -0.966. The molecule has 3 rings (SSSR count). The Bertz CT molecular complexity index is 719. The quantitative estimate of drug-likeness (QED) is 0.848. The van der Waals surface area contributed by atoms with E-state index in [2.05, 4.69) is 15.0 Å². The number of hydrogen-bond donors (Lipinski definition) is 1. The molecule has 1 fully saturated rings. The summed E-state index contributed by atoms with van der Waals surface area (Å²) in [6.45, 7) is 3.59. The van der Waals surface area contributed by atoms with Gasteiger partial charge in [0.05, 0.1) is 18.7 Å². The van der Waals surface area contributed by atoms with Gasteiger partial charge in [-0.3, -0.25) is 4.79 Å². The van der Waals surface area contributed by atoms with Crippen molar-refractivity contribution in [3.63, 3.8) is 0 Å². The number of piperidine rings is 1. The van der Waals surface area contributed by atoms with Gasteiger partial charge in [0, 0.05) is 38.4 Å². The van der Waals surface area contributed by atoms with Crippen LogP contribution in [0, 0.1) is 6.92 Å². The van der Waals surface area contributed by atoms with Crippen molar-refractivity contribution in [3.05, 3.63) is 36.7 Å². The zero-order valence-electron chi connectivity index (χ0n) is 14.7. The second-order valence-corrected chi connectivity index (χ2v) is 6.65. The number of aromatic nitrogens is 4. The maximum absolute atomic E-state index is 12.5. The molecule has 1 atom stereocenters. The van der Waals surface area contributed by atoms with Crippen LogP contribution in [0.3, 0.4) is 0 Å². The van der Waals surface area contributed by atoms with Crippen molar-refractivity contribution in [2.75, 3.05) is 31.6 Å². The third-order valence-corrected chi connectivity index (χ3v) is 4.58. The molecule has 0 aliphatic carbocycles. The number of carbonyl (C=O) groups excluding carboxylic acids is 1. The van der Waals surface area contributed by atoms with Gasteiger partial charge in [-0.2, -0.15) is 0 Å². The summed E-state index contributed by atoms with van der Waals surface area (Å²) in [7, 11) is 1.73. The lowest BCUT2D eigenvalue weighted by atomic mass is 9.92. The van der Waals surface area contributed by atoms with E-state index < -0.39 is 5.60 Å². The summed E-state index contributed by atoms with van der Waals surface area (Å²) in [6, 6.07) is 1.77. The van der Waals surface area contributed by atoms with E-state index in [1.54, 1.807) is 47.4 Å². The summed E-state index contributed by atoms with van der Waals surface area (Å²) in [6.07, 6.45) is 8.33. The Morgan fingerprint density at radius 1 is 1.32 bits per heavy atom. The highest BCUT2D eigenvalue weighted by molar-refractivity contribution is 5.75. The average molecular weight is 344 g/mol. The summed E-state index contributed by atoms with van der Waals surface area (Å²) in [5, 5.41) is 11.0. The Labute approximate surface area is 147 Å². The summed E-state index contributed by atoms with van der Waals surface area (Å²) in [4.78, 5) is 28.7. The van der Waals surface area contributed by atoms with Gasteiger partial charge in [-0.1, -0.05) is 0 Å². The van der Waals surface area contributed by atoms with Gasteiger partial charge in [-0.15, -0.1) is 0 Å². The van der Waals surface area contributed by atoms with Crippen molar-refractivity contribution in [2.24, 2.45) is 0 Å². The third-order valence-electron chi connectivity index (χ3n) is 4.58. The molecule has 25 heavy (non-hydrogen) atoms. The lowest BCUT2D eigenvalue weighted by Gasteiger charge is -2.41. The Hall–Kier alpha value is -2.48. The molecule has 0 bridgehead atoms. The van der Waals surface area contributed by atoms with E-state index in [0.29, 0.717) is 18.9 Å². The molecule has 0 saturated carbocycles. The molecule has 2 aromatic rings. The number of rotatable bonds is 5. The number of aryl methyl sites for hydroxylation is 1. The predicted octanol–water partition coefficient (Wildman–Crippen LogP) is 0.471. The fraction of sp³-hybridized carbons (Fsp3) is 0.529. The van der Waals surface area contributed by atoms with Gasteiger partial charge in [0.15, 0.2) is 0 Å². The molecule has 0 spiro atoms. The molecule has 2 aromatic heterocycles. The van der Waals surface area contributed by atoms with Crippen LogP contribution in [-0.4, -0.2) is 67.7 Å². The fourth-order valence-corrected chi connectivity index (χ4v) is 3.23. The second-order valence-electron chi connectivity index (χ2n) is 6.65. The molecule has 0 aromatic carbocycles. The molecule has 1 aliphatic rings. The number of likely N-dealkylation sites (N-methyl/N-ethyl adjacent to an activating group) is 1. The smallest absolute Gasteiger partial charge is 0.242 e. The number of carbonyl (C=O) groups is 1. The average Bonchev–Trinajstić information content (AvgIpc) is 3.00. The molecule has 134 valence electrons. The van der Waals surface area contributed by atoms with Crippen LogP contribution in [0.2, 0.25) is 0 Å². The Balaban J connectivity index is 1.62. The van der Waals surface area contributed by atoms with Crippen molar-refractivity contribution in [1.82, 2.24) is 24.4 Å². The Morgan fingerprint density at radius 2 is 2.08 bits per heavy atom. The molecule has 0 radical (unpaired) electrons. The topological polar surface area (TPSA) is 87.4 Å². The van der Waals surface area contributed by atoms with Gasteiger partial charge >= 0.3 is 0 Å². The number of hydrogen-bond acceptors (Lipinski definition) is 6. The van der Waals surface area contributed by atoms with Crippen molar-refractivity contribution in [3.8, 4) is 0 Å². The van der Waals surface area contributed by atoms with Crippen molar-refractivity contribution in [2.45, 2.75) is 31.9 Å². The second kappa shape index (κ2) is 7.18. The first-order chi connectivity index (χ1) is 12.0. The lowest BCUT2D eigenvalue weighted by molar-refractivity contribution is -0.134. The van der Waals surface area contributed by atoms with E-state index in [1.165, 1.54) is 0 Å². The molecule has 8 heteroatoms. The molecule has 1 N–H and O–H groups in total. The van der Waals surface area contributed by atoms with E-state index in [0.717, 1.165) is 18.8 Å². The SMILES string of the molecule is Cc1nccn1CC(=O)N(C)C[C@]1(O)CCCN(c2ncccn2)C1. The van der Waals surface area contributed by atoms with Gasteiger partial charge in [0.2, 0.25) is 11.9 Å². The molecule has 1 saturated heterocycles. The van der Waals surface area contributed by atoms with Crippen LogP contribution in [0.4, 0.5) is 5.95 Å². The normalized spacial score (nSPS) is 20.5. The van der Waals surface area contributed by atoms with E-state index in [9.17, 15) is 9.90 Å². The van der Waals surface area contributed by atoms with Crippen molar-refractivity contribution < 1.29 is 9.90 Å². The van der Waals surface area contributed by atoms with Crippen LogP contribution in [-0.2, 0) is 11.3 Å². The van der Waals surface area contributed by atoms with Crippen molar-refractivity contribution >= 4 is 11.9 Å². The number of aliphatic hydroxyl groups is 1. The zero-order chi connectivity index (χ0) is 17.9. The van der Waals surface area contributed by atoms with Gasteiger partial charge in [0.1, 0.15) is 12.4 Å². The van der Waals surface area contributed by atoms with Gasteiger partial charge in [-0.05, 0) is 25.8 Å². The molecule has 0 unspecified atom stereocenters. The van der Waals surface area contributed by atoms with E-state index >= 15 is 0 Å². The van der Waals surface area contributed by atoms with E-state index in [-0.39, 0.29) is 19.0 Å². The van der Waals surface area contributed by atoms with E-state index in [4.69, 9.17) is 0 Å². The van der Waals surface area contributed by atoms with Crippen LogP contribution < -0.4 is 4.90 Å². The van der Waals surface area contributed by atoms with Crippen LogP contribution >= 0.6 is 0 Å². The van der Waals surface area contributed by atoms with Crippen LogP contribution in [0.25, 0.3) is 0 Å². The maximum Gasteiger partial charge on any atom is 0.242 e. The van der Waals surface area contributed by atoms with Gasteiger partial charge < -0.3 is 19.5 Å². The number of β-amino-alcohol motifs (C(OH)–C–C–N with tert-alkyl or cyclic N) is 1. The number of anilines is 1. The highest BCUT2D eigenvalue weighted by Gasteiger charge is 2.36. The maximum atomic E-state index is 12.5. The first kappa shape index (κ1) is 17.3. The molecule has 3 heterocycles. The predicted molar refractivity (Wildman–Crippen MR) is 93.0 cm³/mol. The summed E-state index contributed by atoms with van der Waals surface area (Å²) < 4.78 is 1.80. The first-order valence-electron chi connectivity index (χ1n) is 8.43. The van der Waals surface area contributed by atoms with Crippen LogP contribution in [0.15, 0.2) is 30.9 Å². The fourth-order valence-electron chi connectivity index (χ4n) is 3.23. The van der Waals surface area contributed by atoms with Crippen LogP contribution in [0.1, 0.15) is 18.7 Å². The summed E-state index contributed by atoms with van der Waals surface area (Å²) >= 11 is 0. The first-order valence-corrected chi connectivity index (χ1v) is 8.43. The van der Waals surface area contributed by atoms with Crippen molar-refractivity contribution in [1.29, 1.82) is 0 Å². The van der Waals surface area contributed by atoms with Crippen LogP contribution in [0.5, 0.6) is 0 Å². The summed E-state index contributed by atoms with van der Waals surface area (Å²) in [5.74, 6) is 1.36. The number of imidazole rings is 1. The number of nitrogens with zero attached hydrogens (tertiary/aromatic N) is 6.